The molecule has 1 saturated heterocycles. The number of aliphatic hydroxyl groups excluding tert-OH is 1. The van der Waals surface area contributed by atoms with Crippen molar-refractivity contribution in [1.82, 2.24) is 25.5 Å². The van der Waals surface area contributed by atoms with E-state index in [9.17, 15) is 27.9 Å². The number of ketones is 1. The van der Waals surface area contributed by atoms with E-state index in [2.05, 4.69) is 84.1 Å². The third kappa shape index (κ3) is 13.0. The van der Waals surface area contributed by atoms with Gasteiger partial charge < -0.3 is 50.2 Å². The van der Waals surface area contributed by atoms with Gasteiger partial charge in [0.15, 0.2) is 21.4 Å². The highest BCUT2D eigenvalue weighted by atomic mass is 35.5. The second-order valence-corrected chi connectivity index (χ2v) is 28.6. The van der Waals surface area contributed by atoms with Crippen molar-refractivity contribution in [3.8, 4) is 5.75 Å². The van der Waals surface area contributed by atoms with E-state index >= 15 is 0 Å². The molecule has 4 fully saturated rings. The maximum Gasteiger partial charge on any atom is 0.319 e. The van der Waals surface area contributed by atoms with Crippen LogP contribution in [0.2, 0.25) is 5.02 Å². The molecule has 6 unspecified atom stereocenters. The van der Waals surface area contributed by atoms with Crippen LogP contribution in [0.3, 0.4) is 0 Å². The van der Waals surface area contributed by atoms with Crippen molar-refractivity contribution in [2.75, 3.05) is 70.0 Å². The molecule has 3 aromatic rings. The summed E-state index contributed by atoms with van der Waals surface area (Å²) < 4.78 is 49.8. The number of para-hydroxylation sites is 1. The van der Waals surface area contributed by atoms with Gasteiger partial charge in [0.1, 0.15) is 17.5 Å². The summed E-state index contributed by atoms with van der Waals surface area (Å²) in [7, 11) is -3.60. The van der Waals surface area contributed by atoms with E-state index in [-0.39, 0.29) is 80.2 Å². The number of sulfone groups is 1. The molecule has 1 aromatic heterocycles. The molecule has 5 N–H and O–H groups in total. The van der Waals surface area contributed by atoms with Gasteiger partial charge in [0.2, 0.25) is 17.6 Å². The quantitative estimate of drug-likeness (QED) is 0.0467. The predicted molar refractivity (Wildman–Crippen MR) is 328 cm³/mol. The number of rotatable bonds is 22. The number of nitrogens with zero attached hydrogens (tertiary/aromatic N) is 3. The first-order valence-electron chi connectivity index (χ1n) is 30.2. The molecule has 84 heavy (non-hydrogen) atoms. The fourth-order valence-corrected chi connectivity index (χ4v) is 15.7. The fourth-order valence-electron chi connectivity index (χ4n) is 14.4. The van der Waals surface area contributed by atoms with Crippen LogP contribution in [0.15, 0.2) is 93.8 Å². The summed E-state index contributed by atoms with van der Waals surface area (Å²) >= 11 is 6.53. The third-order valence-corrected chi connectivity index (χ3v) is 21.9. The molecule has 2 heterocycles. The second-order valence-electron chi connectivity index (χ2n) is 25.7. The van der Waals surface area contributed by atoms with Gasteiger partial charge in [0.25, 0.3) is 0 Å². The first-order chi connectivity index (χ1) is 39.9. The molecular weight excluding hydrogens is 1110 g/mol. The lowest BCUT2D eigenvalue weighted by molar-refractivity contribution is -0.144. The minimum atomic E-state index is -3.60. The van der Waals surface area contributed by atoms with E-state index in [1.807, 2.05) is 31.7 Å². The number of aromatic nitrogens is 2. The monoisotopic (exact) mass is 1190 g/mol. The van der Waals surface area contributed by atoms with Gasteiger partial charge in [-0.25, -0.2) is 18.2 Å². The lowest BCUT2D eigenvalue weighted by Crippen LogP contribution is -2.57. The van der Waals surface area contributed by atoms with Gasteiger partial charge in [0.05, 0.1) is 60.2 Å². The number of aryl methyl sites for hydroxylation is 1. The van der Waals surface area contributed by atoms with Gasteiger partial charge in [-0.2, -0.15) is 4.98 Å². The highest BCUT2D eigenvalue weighted by Crippen LogP contribution is 2.70. The minimum Gasteiger partial charge on any atom is -0.504 e. The molecule has 456 valence electrons. The number of hydrogen-bond donors (Lipinski definition) is 5. The van der Waals surface area contributed by atoms with Gasteiger partial charge in [-0.05, 0) is 187 Å². The van der Waals surface area contributed by atoms with Crippen LogP contribution in [0.5, 0.6) is 5.75 Å². The zero-order valence-electron chi connectivity index (χ0n) is 50.8. The van der Waals surface area contributed by atoms with Gasteiger partial charge in [-0.15, -0.1) is 0 Å². The van der Waals surface area contributed by atoms with Gasteiger partial charge in [-0.1, -0.05) is 69.2 Å². The Labute approximate surface area is 502 Å². The summed E-state index contributed by atoms with van der Waals surface area (Å²) in [5.41, 5.74) is 6.77. The molecular formula is C65H88ClN7O10S. The average Bonchev–Trinajstić information content (AvgIpc) is 0.869. The average molecular weight is 1190 g/mol. The molecule has 1 aliphatic heterocycles. The van der Waals surface area contributed by atoms with Crippen LogP contribution in [0.4, 0.5) is 27.9 Å². The number of urea groups is 1. The minimum absolute atomic E-state index is 0.0396. The number of benzene rings is 2. The number of piperidine rings is 1. The van der Waals surface area contributed by atoms with E-state index in [1.54, 1.807) is 44.2 Å². The van der Waals surface area contributed by atoms with Crippen molar-refractivity contribution in [2.24, 2.45) is 33.5 Å². The number of carbonyl (C=O) groups is 3. The van der Waals surface area contributed by atoms with Crippen LogP contribution in [0.1, 0.15) is 144 Å². The molecule has 9 rings (SSSR count). The smallest absolute Gasteiger partial charge is 0.319 e. The molecule has 6 aliphatic rings. The third-order valence-electron chi connectivity index (χ3n) is 19.4. The number of carbonyl (C=O) groups excluding carboxylic acids is 3. The number of halogens is 1. The molecule has 3 amide bonds. The van der Waals surface area contributed by atoms with Crippen LogP contribution >= 0.6 is 11.6 Å². The Morgan fingerprint density at radius 3 is 2.27 bits per heavy atom. The largest absolute Gasteiger partial charge is 0.504 e. The fraction of sp³-hybridized carbons (Fsp3) is 0.585. The van der Waals surface area contributed by atoms with Crippen molar-refractivity contribution in [3.05, 3.63) is 105 Å². The van der Waals surface area contributed by atoms with Crippen molar-refractivity contribution in [2.45, 2.75) is 156 Å². The van der Waals surface area contributed by atoms with Crippen molar-refractivity contribution in [3.63, 3.8) is 0 Å². The van der Waals surface area contributed by atoms with E-state index in [0.29, 0.717) is 93.6 Å². The summed E-state index contributed by atoms with van der Waals surface area (Å²) in [4.78, 5) is 51.0. The number of ether oxygens (including phenoxy) is 4. The summed E-state index contributed by atoms with van der Waals surface area (Å²) in [5, 5.41) is 22.6. The number of fused-ring (bicyclic) bond motifs is 7. The Morgan fingerprint density at radius 2 is 1.55 bits per heavy atom. The van der Waals surface area contributed by atoms with Crippen molar-refractivity contribution < 1.29 is 46.9 Å². The zero-order valence-corrected chi connectivity index (χ0v) is 52.4. The van der Waals surface area contributed by atoms with E-state index in [4.69, 9.17) is 30.5 Å². The van der Waals surface area contributed by atoms with Crippen molar-refractivity contribution in [1.29, 1.82) is 0 Å². The van der Waals surface area contributed by atoms with Crippen LogP contribution in [-0.2, 0) is 33.6 Å². The van der Waals surface area contributed by atoms with E-state index < -0.39 is 20.5 Å². The molecule has 5 aliphatic carbocycles. The Bertz CT molecular complexity index is 3230. The number of aliphatic hydroxyl groups is 1. The van der Waals surface area contributed by atoms with Crippen LogP contribution < -0.4 is 26.0 Å². The lowest BCUT2D eigenvalue weighted by atomic mass is 9.39. The van der Waals surface area contributed by atoms with Gasteiger partial charge in [-0.3, -0.25) is 9.59 Å². The van der Waals surface area contributed by atoms with E-state index in [0.717, 1.165) is 80.1 Å². The molecule has 19 heteroatoms. The molecule has 2 aromatic carbocycles. The van der Waals surface area contributed by atoms with Crippen LogP contribution in [0, 0.1) is 40.4 Å². The summed E-state index contributed by atoms with van der Waals surface area (Å²) in [6, 6.07) is 10.6. The first-order valence-corrected chi connectivity index (χ1v) is 32.2. The highest BCUT2D eigenvalue weighted by Gasteiger charge is 2.62. The topological polar surface area (TPSA) is 220 Å². The number of nitrogens with one attached hydrogen (secondary N) is 4. The number of allylic oxidation sites excluding steroid dienone is 7. The van der Waals surface area contributed by atoms with Crippen LogP contribution in [0.25, 0.3) is 0 Å². The summed E-state index contributed by atoms with van der Waals surface area (Å²) in [6.07, 6.45) is 16.7. The lowest BCUT2D eigenvalue weighted by Gasteiger charge is -2.65. The Balaban J connectivity index is 0.652. The van der Waals surface area contributed by atoms with Crippen LogP contribution in [-0.4, -0.2) is 117 Å². The standard InChI is InChI=1S/C65H88ClN7O10S/c1-40(2)83-54-35-46(42(5)34-52(54)71-60-68-38-50(66)58(72-60)70-51-14-11-12-15-55(51)84(78,79)41(3)4)44-19-27-73(28-20-44)61(77)69-39-82-33-32-81-31-30-80-29-13-26-67-59(76)63(8)23-22-62(7)24-25-65(10)47(49(62)37-63)18-21-64(9)48-36-53(74)57(75)43(6)45(48)16-17-56(64)65/h11-12,14-17,34-36,38,40-41,44,47,49,75H,13,18-33,37,39H2,1-10H3,(H,67,76)(H,69,77)(H2,68,70,71,72). The van der Waals surface area contributed by atoms with Gasteiger partial charge >= 0.3 is 6.03 Å². The SMILES string of the molecule is CC1=C(O)C(=O)C=C2C1=CC=C1C2(C)CCC2C3CC(C)(C(=O)NCCCOCCOCCOCNC(=O)N4CCC(c5cc(OC(C)C)c(Nc6ncc(Cl)c(Nc7ccccc7S(=O)(=O)C(C)C)n6)cc5C)CC4)CCC3(C)CCC12C. The molecule has 17 nitrogen and oxygen atoms in total. The summed E-state index contributed by atoms with van der Waals surface area (Å²) in [5.74, 6) is 1.87. The molecule has 0 spiro atoms. The Morgan fingerprint density at radius 1 is 0.845 bits per heavy atom. The highest BCUT2D eigenvalue weighted by molar-refractivity contribution is 7.92. The van der Waals surface area contributed by atoms with Crippen molar-refractivity contribution >= 4 is 62.3 Å². The Hall–Kier alpha value is -5.79. The normalized spacial score (nSPS) is 26.1. The second kappa shape index (κ2) is 25.7. The number of amides is 3. The van der Waals surface area contributed by atoms with E-state index in [1.165, 1.54) is 11.8 Å². The number of anilines is 4. The number of likely N-dealkylation sites (tertiary alicyclic amines) is 1. The predicted octanol–water partition coefficient (Wildman–Crippen LogP) is 12.5. The number of hydrogen-bond acceptors (Lipinski definition) is 14. The summed E-state index contributed by atoms with van der Waals surface area (Å²) in [6.45, 7) is 24.3. The zero-order chi connectivity index (χ0) is 60.4. The molecule has 3 saturated carbocycles. The van der Waals surface area contributed by atoms with Gasteiger partial charge in [0, 0.05) is 42.6 Å². The molecule has 0 bridgehead atoms. The maximum absolute atomic E-state index is 14.0. The maximum atomic E-state index is 14.0. The molecule has 0 radical (unpaired) electrons. The Kier molecular flexibility index (Phi) is 19.2. The first kappa shape index (κ1) is 62.7. The molecule has 6 atom stereocenters.